The van der Waals surface area contributed by atoms with E-state index in [4.69, 9.17) is 11.6 Å². The van der Waals surface area contributed by atoms with Gasteiger partial charge in [-0.15, -0.1) is 11.3 Å². The number of hydrogen-bond acceptors (Lipinski definition) is 1. The summed E-state index contributed by atoms with van der Waals surface area (Å²) >= 11 is 7.86. The molecule has 0 saturated heterocycles. The maximum absolute atomic E-state index is 6.03. The summed E-state index contributed by atoms with van der Waals surface area (Å²) in [5.74, 6) is 0. The van der Waals surface area contributed by atoms with Gasteiger partial charge in [0.25, 0.3) is 0 Å². The van der Waals surface area contributed by atoms with E-state index in [1.807, 2.05) is 37.3 Å². The zero-order chi connectivity index (χ0) is 10.6. The molecule has 0 fully saturated rings. The molecule has 0 spiro atoms. The van der Waals surface area contributed by atoms with Crippen molar-refractivity contribution < 1.29 is 0 Å². The van der Waals surface area contributed by atoms with Crippen LogP contribution in [0.4, 0.5) is 0 Å². The van der Waals surface area contributed by atoms with Gasteiger partial charge in [-0.05, 0) is 24.6 Å². The van der Waals surface area contributed by atoms with Crippen LogP contribution < -0.4 is 0 Å². The van der Waals surface area contributed by atoms with Crippen LogP contribution in [-0.2, 0) is 6.42 Å². The molecule has 0 N–H and O–H groups in total. The fourth-order valence-corrected chi connectivity index (χ4v) is 2.57. The van der Waals surface area contributed by atoms with E-state index in [9.17, 15) is 0 Å². The van der Waals surface area contributed by atoms with Crippen molar-refractivity contribution in [2.24, 2.45) is 0 Å². The highest BCUT2D eigenvalue weighted by Gasteiger charge is 2.02. The van der Waals surface area contributed by atoms with E-state index in [1.54, 1.807) is 0 Å². The molecule has 14 heavy (non-hydrogen) atoms. The van der Waals surface area contributed by atoms with Gasteiger partial charge >= 0.3 is 0 Å². The van der Waals surface area contributed by atoms with Gasteiger partial charge in [0.05, 0.1) is 0 Å². The monoisotopic (exact) mass is 226 g/mol. The minimum atomic E-state index is 0.864. The first-order valence-corrected chi connectivity index (χ1v) is 6.17. The number of rotatable bonds is 1. The molecule has 1 aromatic carbocycles. The lowest BCUT2D eigenvalue weighted by molar-refractivity contribution is 1.19. The summed E-state index contributed by atoms with van der Waals surface area (Å²) in [4.78, 5) is 1.40. The van der Waals surface area contributed by atoms with Crippen LogP contribution >= 0.6 is 22.9 Å². The quantitative estimate of drug-likeness (QED) is 0.632. The van der Waals surface area contributed by atoms with E-state index in [1.165, 1.54) is 15.0 Å². The van der Waals surface area contributed by atoms with Crippen molar-refractivity contribution in [3.05, 3.63) is 34.2 Å². The third-order valence-electron chi connectivity index (χ3n) is 1.91. The van der Waals surface area contributed by atoms with E-state index < -0.39 is 0 Å². The maximum atomic E-state index is 6.03. The lowest BCUT2D eigenvalue weighted by atomic mass is 10.2. The second-order valence-corrected chi connectivity index (χ2v) is 4.29. The average Bonchev–Trinajstić information content (AvgIpc) is 2.65. The predicted molar refractivity (Wildman–Crippen MR) is 67.6 cm³/mol. The van der Waals surface area contributed by atoms with Gasteiger partial charge in [-0.2, -0.15) is 0 Å². The van der Waals surface area contributed by atoms with E-state index in [0.29, 0.717) is 0 Å². The molecule has 2 aromatic rings. The fraction of sp³-hybridized carbons (Fsp3) is 0.333. The summed E-state index contributed by atoms with van der Waals surface area (Å²) in [7, 11) is 0. The molecule has 2 heteroatoms. The zero-order valence-corrected chi connectivity index (χ0v) is 10.4. The number of fused-ring (bicyclic) bond motifs is 1. The molecule has 0 aliphatic rings. The molecular formula is C12H15ClS. The van der Waals surface area contributed by atoms with Crippen molar-refractivity contribution in [2.75, 3.05) is 0 Å². The van der Waals surface area contributed by atoms with Crippen LogP contribution in [0.5, 0.6) is 0 Å². The molecule has 0 nitrogen and oxygen atoms in total. The lowest BCUT2D eigenvalue weighted by Gasteiger charge is -1.89. The van der Waals surface area contributed by atoms with Crippen molar-refractivity contribution >= 4 is 33.0 Å². The molecule has 76 valence electrons. The Morgan fingerprint density at radius 1 is 1.29 bits per heavy atom. The molecule has 2 rings (SSSR count). The molecule has 0 aliphatic heterocycles. The first kappa shape index (κ1) is 11.5. The van der Waals surface area contributed by atoms with Crippen molar-refractivity contribution in [1.29, 1.82) is 0 Å². The van der Waals surface area contributed by atoms with E-state index in [0.717, 1.165) is 11.4 Å². The largest absolute Gasteiger partial charge is 0.140 e. The Balaban J connectivity index is 0.000000461. The Bertz CT molecular complexity index is 404. The second-order valence-electron chi connectivity index (χ2n) is 2.72. The number of hydrogen-bond donors (Lipinski definition) is 0. The summed E-state index contributed by atoms with van der Waals surface area (Å²) < 4.78 is 1.29. The SMILES string of the molecule is CC.CCc1cc2c(Cl)cccc2s1. The lowest BCUT2D eigenvalue weighted by Crippen LogP contribution is -1.66. The smallest absolute Gasteiger partial charge is 0.0492 e. The first-order valence-electron chi connectivity index (χ1n) is 4.98. The molecule has 0 saturated carbocycles. The minimum Gasteiger partial charge on any atom is -0.140 e. The zero-order valence-electron chi connectivity index (χ0n) is 8.80. The van der Waals surface area contributed by atoms with Crippen LogP contribution in [0, 0.1) is 0 Å². The first-order chi connectivity index (χ1) is 6.81. The minimum absolute atomic E-state index is 0.864. The topological polar surface area (TPSA) is 0 Å². The van der Waals surface area contributed by atoms with E-state index in [-0.39, 0.29) is 0 Å². The molecule has 0 atom stereocenters. The summed E-state index contributed by atoms with van der Waals surface area (Å²) in [6.07, 6.45) is 1.09. The van der Waals surface area contributed by atoms with Crippen LogP contribution in [0.15, 0.2) is 24.3 Å². The highest BCUT2D eigenvalue weighted by atomic mass is 35.5. The normalized spacial score (nSPS) is 9.71. The number of halogens is 1. The Labute approximate surface area is 94.5 Å². The van der Waals surface area contributed by atoms with Crippen LogP contribution in [0.3, 0.4) is 0 Å². The maximum Gasteiger partial charge on any atom is 0.0492 e. The van der Waals surface area contributed by atoms with Crippen LogP contribution in [0.2, 0.25) is 5.02 Å². The van der Waals surface area contributed by atoms with E-state index in [2.05, 4.69) is 19.1 Å². The second kappa shape index (κ2) is 5.38. The van der Waals surface area contributed by atoms with Crippen molar-refractivity contribution in [3.63, 3.8) is 0 Å². The number of thiophene rings is 1. The van der Waals surface area contributed by atoms with Crippen molar-refractivity contribution in [2.45, 2.75) is 27.2 Å². The van der Waals surface area contributed by atoms with Crippen LogP contribution in [0.1, 0.15) is 25.6 Å². The van der Waals surface area contributed by atoms with Gasteiger partial charge in [0, 0.05) is 20.0 Å². The molecule has 0 bridgehead atoms. The number of benzene rings is 1. The van der Waals surface area contributed by atoms with Gasteiger partial charge in [0.1, 0.15) is 0 Å². The molecule has 1 heterocycles. The summed E-state index contributed by atoms with van der Waals surface area (Å²) in [6, 6.07) is 8.24. The summed E-state index contributed by atoms with van der Waals surface area (Å²) in [5, 5.41) is 2.06. The average molecular weight is 227 g/mol. The molecular weight excluding hydrogens is 212 g/mol. The fourth-order valence-electron chi connectivity index (χ4n) is 1.25. The third-order valence-corrected chi connectivity index (χ3v) is 3.48. The van der Waals surface area contributed by atoms with Crippen molar-refractivity contribution in [3.8, 4) is 0 Å². The Morgan fingerprint density at radius 3 is 2.57 bits per heavy atom. The molecule has 0 amide bonds. The van der Waals surface area contributed by atoms with Crippen LogP contribution in [0.25, 0.3) is 10.1 Å². The molecule has 0 unspecified atom stereocenters. The van der Waals surface area contributed by atoms with Gasteiger partial charge in [0.2, 0.25) is 0 Å². The Kier molecular flexibility index (Phi) is 4.43. The van der Waals surface area contributed by atoms with Crippen LogP contribution in [-0.4, -0.2) is 0 Å². The number of aryl methyl sites for hydroxylation is 1. The molecule has 1 aromatic heterocycles. The Morgan fingerprint density at radius 2 is 2.00 bits per heavy atom. The van der Waals surface area contributed by atoms with Gasteiger partial charge in [-0.1, -0.05) is 38.4 Å². The van der Waals surface area contributed by atoms with E-state index >= 15 is 0 Å². The standard InChI is InChI=1S/C10H9ClS.C2H6/c1-2-7-6-8-9(11)4-3-5-10(8)12-7;1-2/h3-6H,2H2,1H3;1-2H3. The van der Waals surface area contributed by atoms with Gasteiger partial charge < -0.3 is 0 Å². The highest BCUT2D eigenvalue weighted by Crippen LogP contribution is 2.30. The summed E-state index contributed by atoms with van der Waals surface area (Å²) in [6.45, 7) is 6.17. The Hall–Kier alpha value is -0.530. The van der Waals surface area contributed by atoms with Crippen molar-refractivity contribution in [1.82, 2.24) is 0 Å². The van der Waals surface area contributed by atoms with Gasteiger partial charge in [-0.3, -0.25) is 0 Å². The van der Waals surface area contributed by atoms with Gasteiger partial charge in [-0.25, -0.2) is 0 Å². The molecule has 0 radical (unpaired) electrons. The third kappa shape index (κ3) is 2.28. The molecule has 0 aliphatic carbocycles. The summed E-state index contributed by atoms with van der Waals surface area (Å²) in [5.41, 5.74) is 0. The predicted octanol–water partition coefficient (Wildman–Crippen LogP) is 5.14. The van der Waals surface area contributed by atoms with Gasteiger partial charge in [0.15, 0.2) is 0 Å². The highest BCUT2D eigenvalue weighted by molar-refractivity contribution is 7.19.